The van der Waals surface area contributed by atoms with E-state index in [0.717, 1.165) is 0 Å². The smallest absolute Gasteiger partial charge is 0.214 e. The van der Waals surface area contributed by atoms with Crippen LogP contribution in [0.4, 0.5) is 0 Å². The van der Waals surface area contributed by atoms with Gasteiger partial charge in [-0.3, -0.25) is 4.79 Å². The van der Waals surface area contributed by atoms with Crippen molar-refractivity contribution in [3.63, 3.8) is 0 Å². The van der Waals surface area contributed by atoms with Crippen LogP contribution in [0, 0.1) is 0 Å². The molecule has 0 heterocycles. The van der Waals surface area contributed by atoms with Crippen molar-refractivity contribution in [3.8, 4) is 0 Å². The zero-order valence-corrected chi connectivity index (χ0v) is 4.77. The second kappa shape index (κ2) is 4.11. The van der Waals surface area contributed by atoms with Crippen LogP contribution in [0.15, 0.2) is 0 Å². The quantitative estimate of drug-likeness (QED) is 0.440. The minimum absolute atomic E-state index is 0. The van der Waals surface area contributed by atoms with Crippen LogP contribution in [0.2, 0.25) is 0 Å². The molecule has 3 N–H and O–H groups in total. The lowest BCUT2D eigenvalue weighted by atomic mass is 10.5. The fourth-order valence-corrected chi connectivity index (χ4v) is 0. The van der Waals surface area contributed by atoms with Gasteiger partial charge in [0.2, 0.25) is 5.12 Å². The van der Waals surface area contributed by atoms with Gasteiger partial charge in [-0.2, -0.15) is 0 Å². The predicted octanol–water partition coefficient (Wildman–Crippen LogP) is -1.00. The summed E-state index contributed by atoms with van der Waals surface area (Å²) in [5, 5.41) is 7.71. The first kappa shape index (κ1) is 10.0. The van der Waals surface area contributed by atoms with E-state index in [0.29, 0.717) is 0 Å². The van der Waals surface area contributed by atoms with Crippen LogP contribution in [0.1, 0.15) is 6.92 Å². The summed E-state index contributed by atoms with van der Waals surface area (Å²) in [5.74, 6) is 0. The number of thiol groups is 1. The van der Waals surface area contributed by atoms with E-state index in [2.05, 4.69) is 12.6 Å². The first-order chi connectivity index (χ1) is 2.64. The van der Waals surface area contributed by atoms with Crippen molar-refractivity contribution in [2.24, 2.45) is 0 Å². The van der Waals surface area contributed by atoms with E-state index >= 15 is 0 Å². The second-order valence-corrected chi connectivity index (χ2v) is 1.45. The van der Waals surface area contributed by atoms with Crippen LogP contribution >= 0.6 is 12.6 Å². The predicted molar refractivity (Wildman–Crippen MR) is 29.3 cm³/mol. The molecule has 7 heavy (non-hydrogen) atoms. The highest BCUT2D eigenvalue weighted by atomic mass is 32.1. The zero-order valence-electron chi connectivity index (χ0n) is 3.88. The molecule has 0 aromatic carbocycles. The van der Waals surface area contributed by atoms with Crippen molar-refractivity contribution in [1.29, 1.82) is 0 Å². The largest absolute Gasteiger partial charge is 0.412 e. The van der Waals surface area contributed by atoms with Crippen LogP contribution in [0.5, 0.6) is 0 Å². The van der Waals surface area contributed by atoms with E-state index in [-0.39, 0.29) is 5.48 Å². The van der Waals surface area contributed by atoms with Crippen molar-refractivity contribution in [3.05, 3.63) is 0 Å². The molecule has 1 atom stereocenters. The second-order valence-electron chi connectivity index (χ2n) is 1.01. The summed E-state index contributed by atoms with van der Waals surface area (Å²) in [6, 6.07) is 0. The Bertz CT molecular complexity index is 61.2. The first-order valence-corrected chi connectivity index (χ1v) is 2.00. The number of hydrogen-bond acceptors (Lipinski definition) is 2. The van der Waals surface area contributed by atoms with Gasteiger partial charge in [0.05, 0.1) is 0 Å². The minimum atomic E-state index is -0.923. The van der Waals surface area contributed by atoms with E-state index in [1.54, 1.807) is 0 Å². The Balaban J connectivity index is 0. The summed E-state index contributed by atoms with van der Waals surface area (Å²) in [6.07, 6.45) is -0.923. The van der Waals surface area contributed by atoms with Gasteiger partial charge in [0.15, 0.2) is 0 Å². The molecule has 0 radical (unpaired) electrons. The van der Waals surface area contributed by atoms with Gasteiger partial charge < -0.3 is 10.6 Å². The topological polar surface area (TPSA) is 68.8 Å². The zero-order chi connectivity index (χ0) is 5.15. The van der Waals surface area contributed by atoms with Crippen molar-refractivity contribution >= 4 is 17.7 Å². The number of aliphatic hydroxyl groups excluding tert-OH is 1. The summed E-state index contributed by atoms with van der Waals surface area (Å²) >= 11 is 3.30. The summed E-state index contributed by atoms with van der Waals surface area (Å²) in [4.78, 5) is 9.76. The summed E-state index contributed by atoms with van der Waals surface area (Å²) in [5.41, 5.74) is 0. The molecule has 0 aliphatic rings. The van der Waals surface area contributed by atoms with E-state index in [1.807, 2.05) is 0 Å². The van der Waals surface area contributed by atoms with E-state index < -0.39 is 11.2 Å². The maximum absolute atomic E-state index is 9.76. The molecule has 0 fully saturated rings. The molecule has 0 saturated carbocycles. The Morgan fingerprint density at radius 1 is 1.86 bits per heavy atom. The van der Waals surface area contributed by atoms with E-state index in [4.69, 9.17) is 5.11 Å². The maximum atomic E-state index is 9.76. The standard InChI is InChI=1S/C3H6O2S.H2O/c1-2(4)3(5)6;/h2,4H,1H3,(H,5,6);1H2. The Hall–Kier alpha value is -0.0600. The number of carbonyl (C=O) groups excluding carboxylic acids is 1. The number of carbonyl (C=O) groups is 1. The monoisotopic (exact) mass is 124 g/mol. The molecule has 0 aromatic heterocycles. The summed E-state index contributed by atoms with van der Waals surface area (Å²) in [7, 11) is 0. The van der Waals surface area contributed by atoms with Gasteiger partial charge in [0.25, 0.3) is 0 Å². The Labute approximate surface area is 47.1 Å². The molecular formula is C3H8O3S. The van der Waals surface area contributed by atoms with Crippen molar-refractivity contribution < 1.29 is 15.4 Å². The van der Waals surface area contributed by atoms with E-state index in [1.165, 1.54) is 6.92 Å². The van der Waals surface area contributed by atoms with Gasteiger partial charge in [0.1, 0.15) is 6.10 Å². The van der Waals surface area contributed by atoms with Gasteiger partial charge in [-0.05, 0) is 6.92 Å². The van der Waals surface area contributed by atoms with Gasteiger partial charge >= 0.3 is 0 Å². The van der Waals surface area contributed by atoms with Gasteiger partial charge in [-0.25, -0.2) is 0 Å². The molecule has 0 amide bonds. The normalized spacial score (nSPS) is 11.9. The van der Waals surface area contributed by atoms with Crippen LogP contribution in [-0.4, -0.2) is 21.8 Å². The number of aliphatic hydroxyl groups is 1. The van der Waals surface area contributed by atoms with Crippen LogP contribution in [0.25, 0.3) is 0 Å². The fraction of sp³-hybridized carbons (Fsp3) is 0.667. The molecule has 1 unspecified atom stereocenters. The van der Waals surface area contributed by atoms with Gasteiger partial charge in [-0.1, -0.05) is 0 Å². The lowest BCUT2D eigenvalue weighted by Gasteiger charge is -1.89. The average molecular weight is 124 g/mol. The van der Waals surface area contributed by atoms with Crippen LogP contribution in [-0.2, 0) is 4.79 Å². The van der Waals surface area contributed by atoms with Crippen LogP contribution in [0.3, 0.4) is 0 Å². The highest BCUT2D eigenvalue weighted by Crippen LogP contribution is 1.84. The lowest BCUT2D eigenvalue weighted by molar-refractivity contribution is -0.117. The van der Waals surface area contributed by atoms with E-state index in [9.17, 15) is 4.79 Å². The Morgan fingerprint density at radius 3 is 2.00 bits per heavy atom. The third-order valence-corrected chi connectivity index (χ3v) is 0.731. The number of hydrogen-bond donors (Lipinski definition) is 2. The first-order valence-electron chi connectivity index (χ1n) is 1.55. The molecule has 3 nitrogen and oxygen atoms in total. The third kappa shape index (κ3) is 5.94. The molecule has 44 valence electrons. The van der Waals surface area contributed by atoms with Crippen LogP contribution < -0.4 is 0 Å². The SMILES string of the molecule is CC(O)C(=O)S.O. The highest BCUT2D eigenvalue weighted by Gasteiger charge is 1.98. The third-order valence-electron chi connectivity index (χ3n) is 0.357. The molecule has 0 aliphatic carbocycles. The Morgan fingerprint density at radius 2 is 2.00 bits per heavy atom. The maximum Gasteiger partial charge on any atom is 0.214 e. The molecule has 0 aliphatic heterocycles. The number of rotatable bonds is 1. The molecule has 4 heteroatoms. The molecular weight excluding hydrogens is 116 g/mol. The Kier molecular flexibility index (Phi) is 5.89. The van der Waals surface area contributed by atoms with Crippen molar-refractivity contribution in [2.75, 3.05) is 0 Å². The van der Waals surface area contributed by atoms with Gasteiger partial charge in [-0.15, -0.1) is 12.6 Å². The fourth-order valence-electron chi connectivity index (χ4n) is 0. The molecule has 0 bridgehead atoms. The molecule has 0 spiro atoms. The minimum Gasteiger partial charge on any atom is -0.412 e. The van der Waals surface area contributed by atoms with Crippen molar-refractivity contribution in [1.82, 2.24) is 0 Å². The average Bonchev–Trinajstić information content (AvgIpc) is 1.36. The summed E-state index contributed by atoms with van der Waals surface area (Å²) in [6.45, 7) is 1.37. The molecule has 0 rings (SSSR count). The van der Waals surface area contributed by atoms with Gasteiger partial charge in [0, 0.05) is 0 Å². The lowest BCUT2D eigenvalue weighted by Crippen LogP contribution is -2.07. The summed E-state index contributed by atoms with van der Waals surface area (Å²) < 4.78 is 0. The van der Waals surface area contributed by atoms with Crippen molar-refractivity contribution in [2.45, 2.75) is 13.0 Å². The molecule has 0 aromatic rings. The highest BCUT2D eigenvalue weighted by molar-refractivity contribution is 7.96. The molecule has 0 saturated heterocycles.